The molecule has 2 rings (SSSR count). The van der Waals surface area contributed by atoms with Crippen molar-refractivity contribution in [3.8, 4) is 0 Å². The van der Waals surface area contributed by atoms with E-state index in [9.17, 15) is 0 Å². The van der Waals surface area contributed by atoms with Crippen LogP contribution in [0.4, 0.5) is 0 Å². The van der Waals surface area contributed by atoms with Crippen LogP contribution in [0.1, 0.15) is 33.1 Å². The first-order chi connectivity index (χ1) is 8.69. The van der Waals surface area contributed by atoms with Crippen LogP contribution in [-0.4, -0.2) is 62.2 Å². The Bertz CT molecular complexity index is 236. The van der Waals surface area contributed by atoms with Gasteiger partial charge in [-0.15, -0.1) is 0 Å². The van der Waals surface area contributed by atoms with Gasteiger partial charge in [-0.2, -0.15) is 0 Å². The van der Waals surface area contributed by atoms with E-state index in [1.54, 1.807) is 0 Å². The molecule has 0 spiro atoms. The molecule has 2 saturated heterocycles. The van der Waals surface area contributed by atoms with Gasteiger partial charge in [0.2, 0.25) is 0 Å². The van der Waals surface area contributed by atoms with Crippen LogP contribution < -0.4 is 5.32 Å². The van der Waals surface area contributed by atoms with Gasteiger partial charge in [0.1, 0.15) is 0 Å². The molecule has 2 aliphatic rings. The number of hydrogen-bond donors (Lipinski definition) is 1. The molecule has 1 N–H and O–H groups in total. The Kier molecular flexibility index (Phi) is 5.46. The number of nitrogens with one attached hydrogen (secondary N) is 1. The maximum Gasteiger partial charge on any atom is 0.0221 e. The predicted octanol–water partition coefficient (Wildman–Crippen LogP) is 1.65. The smallest absolute Gasteiger partial charge is 0.0221 e. The van der Waals surface area contributed by atoms with Crippen molar-refractivity contribution in [1.82, 2.24) is 15.1 Å². The molecule has 3 heteroatoms. The molecule has 0 aliphatic carbocycles. The summed E-state index contributed by atoms with van der Waals surface area (Å²) in [6, 6.07) is 0.718. The summed E-state index contributed by atoms with van der Waals surface area (Å²) in [4.78, 5) is 5.18. The highest BCUT2D eigenvalue weighted by Crippen LogP contribution is 2.19. The number of hydrogen-bond acceptors (Lipinski definition) is 3. The summed E-state index contributed by atoms with van der Waals surface area (Å²) in [5.41, 5.74) is 0. The Morgan fingerprint density at radius 1 is 1.22 bits per heavy atom. The van der Waals surface area contributed by atoms with E-state index in [2.05, 4.69) is 36.0 Å². The molecule has 0 aromatic heterocycles. The first-order valence-corrected chi connectivity index (χ1v) is 7.83. The molecule has 0 aromatic carbocycles. The van der Waals surface area contributed by atoms with Crippen LogP contribution in [0, 0.1) is 11.8 Å². The van der Waals surface area contributed by atoms with Gasteiger partial charge in [-0.05, 0) is 44.8 Å². The van der Waals surface area contributed by atoms with Gasteiger partial charge >= 0.3 is 0 Å². The van der Waals surface area contributed by atoms with Gasteiger partial charge in [0, 0.05) is 32.2 Å². The lowest BCUT2D eigenvalue weighted by Gasteiger charge is -2.39. The van der Waals surface area contributed by atoms with Crippen LogP contribution in [-0.2, 0) is 0 Å². The maximum absolute atomic E-state index is 3.69. The standard InChI is InChI=1S/C15H31N3/c1-4-13(2)15-12-18(10-7-16-15)11-14-5-8-17(3)9-6-14/h13-16H,4-12H2,1-3H3. The minimum absolute atomic E-state index is 0.718. The summed E-state index contributed by atoms with van der Waals surface area (Å²) in [7, 11) is 2.25. The van der Waals surface area contributed by atoms with Crippen LogP contribution in [0.5, 0.6) is 0 Å². The lowest BCUT2D eigenvalue weighted by Crippen LogP contribution is -2.54. The lowest BCUT2D eigenvalue weighted by molar-refractivity contribution is 0.120. The molecule has 0 aromatic rings. The van der Waals surface area contributed by atoms with Crippen LogP contribution in [0.2, 0.25) is 0 Å². The third-order valence-corrected chi connectivity index (χ3v) is 4.97. The average molecular weight is 253 g/mol. The Morgan fingerprint density at radius 2 is 1.94 bits per heavy atom. The second-order valence-corrected chi connectivity index (χ2v) is 6.45. The summed E-state index contributed by atoms with van der Waals surface area (Å²) >= 11 is 0. The molecule has 2 heterocycles. The molecule has 2 fully saturated rings. The number of likely N-dealkylation sites (tertiary alicyclic amines) is 1. The molecular formula is C15H31N3. The van der Waals surface area contributed by atoms with E-state index in [4.69, 9.17) is 0 Å². The third kappa shape index (κ3) is 3.94. The van der Waals surface area contributed by atoms with Crippen LogP contribution in [0.15, 0.2) is 0 Å². The van der Waals surface area contributed by atoms with Crippen LogP contribution in [0.3, 0.4) is 0 Å². The van der Waals surface area contributed by atoms with Crippen LogP contribution in [0.25, 0.3) is 0 Å². The van der Waals surface area contributed by atoms with Gasteiger partial charge in [-0.1, -0.05) is 20.3 Å². The molecule has 0 saturated carbocycles. The fraction of sp³-hybridized carbons (Fsp3) is 1.00. The second-order valence-electron chi connectivity index (χ2n) is 6.45. The van der Waals surface area contributed by atoms with Crippen molar-refractivity contribution >= 4 is 0 Å². The number of piperazine rings is 1. The van der Waals surface area contributed by atoms with E-state index < -0.39 is 0 Å². The van der Waals surface area contributed by atoms with Gasteiger partial charge in [0.15, 0.2) is 0 Å². The second kappa shape index (κ2) is 6.88. The molecule has 106 valence electrons. The van der Waals surface area contributed by atoms with Gasteiger partial charge in [0.25, 0.3) is 0 Å². The molecule has 0 radical (unpaired) electrons. The van der Waals surface area contributed by atoms with E-state index in [0.29, 0.717) is 0 Å². The fourth-order valence-corrected chi connectivity index (χ4v) is 3.28. The molecular weight excluding hydrogens is 222 g/mol. The van der Waals surface area contributed by atoms with E-state index in [0.717, 1.165) is 17.9 Å². The third-order valence-electron chi connectivity index (χ3n) is 4.97. The van der Waals surface area contributed by atoms with E-state index in [1.807, 2.05) is 0 Å². The highest BCUT2D eigenvalue weighted by Gasteiger charge is 2.26. The predicted molar refractivity (Wildman–Crippen MR) is 77.9 cm³/mol. The van der Waals surface area contributed by atoms with Gasteiger partial charge in [-0.3, -0.25) is 0 Å². The lowest BCUT2D eigenvalue weighted by atomic mass is 9.94. The molecule has 0 amide bonds. The van der Waals surface area contributed by atoms with Gasteiger partial charge < -0.3 is 15.1 Å². The van der Waals surface area contributed by atoms with Crippen LogP contribution >= 0.6 is 0 Å². The van der Waals surface area contributed by atoms with Gasteiger partial charge in [-0.25, -0.2) is 0 Å². The summed E-state index contributed by atoms with van der Waals surface area (Å²) in [6.45, 7) is 12.3. The Hall–Kier alpha value is -0.120. The fourth-order valence-electron chi connectivity index (χ4n) is 3.28. The topological polar surface area (TPSA) is 18.5 Å². The van der Waals surface area contributed by atoms with E-state index in [1.165, 1.54) is 58.5 Å². The minimum Gasteiger partial charge on any atom is -0.311 e. The van der Waals surface area contributed by atoms with Crippen molar-refractivity contribution < 1.29 is 0 Å². The normalized spacial score (nSPS) is 30.5. The zero-order valence-electron chi connectivity index (χ0n) is 12.5. The SMILES string of the molecule is CCC(C)C1CN(CC2CCN(C)CC2)CCN1. The molecule has 0 bridgehead atoms. The average Bonchev–Trinajstić information content (AvgIpc) is 2.41. The Labute approximate surface area is 113 Å². The van der Waals surface area contributed by atoms with Crippen molar-refractivity contribution in [3.05, 3.63) is 0 Å². The molecule has 2 atom stereocenters. The highest BCUT2D eigenvalue weighted by atomic mass is 15.2. The molecule has 2 aliphatic heterocycles. The minimum atomic E-state index is 0.718. The van der Waals surface area contributed by atoms with Crippen molar-refractivity contribution in [2.45, 2.75) is 39.2 Å². The molecule has 18 heavy (non-hydrogen) atoms. The molecule has 3 nitrogen and oxygen atoms in total. The summed E-state index contributed by atoms with van der Waals surface area (Å²) in [5.74, 6) is 1.75. The van der Waals surface area contributed by atoms with Gasteiger partial charge in [0.05, 0.1) is 0 Å². The Balaban J connectivity index is 1.75. The van der Waals surface area contributed by atoms with Crippen molar-refractivity contribution in [1.29, 1.82) is 0 Å². The zero-order chi connectivity index (χ0) is 13.0. The summed E-state index contributed by atoms with van der Waals surface area (Å²) < 4.78 is 0. The first-order valence-electron chi connectivity index (χ1n) is 7.83. The maximum atomic E-state index is 3.69. The van der Waals surface area contributed by atoms with Crippen molar-refractivity contribution in [3.63, 3.8) is 0 Å². The summed E-state index contributed by atoms with van der Waals surface area (Å²) in [5, 5.41) is 3.69. The monoisotopic (exact) mass is 253 g/mol. The highest BCUT2D eigenvalue weighted by molar-refractivity contribution is 4.84. The number of nitrogens with zero attached hydrogens (tertiary/aromatic N) is 2. The molecule has 2 unspecified atom stereocenters. The first kappa shape index (κ1) is 14.3. The largest absolute Gasteiger partial charge is 0.311 e. The quantitative estimate of drug-likeness (QED) is 0.822. The number of rotatable bonds is 4. The number of piperidine rings is 1. The van der Waals surface area contributed by atoms with E-state index >= 15 is 0 Å². The van der Waals surface area contributed by atoms with E-state index in [-0.39, 0.29) is 0 Å². The van der Waals surface area contributed by atoms with Crippen molar-refractivity contribution in [2.75, 3.05) is 46.3 Å². The Morgan fingerprint density at radius 3 is 2.61 bits per heavy atom. The summed E-state index contributed by atoms with van der Waals surface area (Å²) in [6.07, 6.45) is 4.09. The zero-order valence-corrected chi connectivity index (χ0v) is 12.5. The van der Waals surface area contributed by atoms with Crippen molar-refractivity contribution in [2.24, 2.45) is 11.8 Å².